The summed E-state index contributed by atoms with van der Waals surface area (Å²) in [5, 5.41) is 1.90. The third-order valence-electron chi connectivity index (χ3n) is 5.29. The van der Waals surface area contributed by atoms with Gasteiger partial charge in [0, 0.05) is 39.3 Å². The number of nitrogens with zero attached hydrogens (tertiary/aromatic N) is 3. The van der Waals surface area contributed by atoms with Gasteiger partial charge < -0.3 is 9.80 Å². The number of piperazine rings is 1. The third kappa shape index (κ3) is 5.14. The highest BCUT2D eigenvalue weighted by Crippen LogP contribution is 2.23. The molecule has 0 aliphatic carbocycles. The summed E-state index contributed by atoms with van der Waals surface area (Å²) in [6.45, 7) is 7.09. The SMILES string of the molecule is CCN(CC)C(=S)SCC(=O)N1CCN(S(=O)(=O)c2ccc3ccccc3c2)CC1. The van der Waals surface area contributed by atoms with Crippen LogP contribution in [0.1, 0.15) is 13.8 Å². The van der Waals surface area contributed by atoms with Crippen molar-refractivity contribution >= 4 is 55.0 Å². The van der Waals surface area contributed by atoms with E-state index in [1.807, 2.05) is 49.1 Å². The van der Waals surface area contributed by atoms with Gasteiger partial charge in [-0.2, -0.15) is 4.31 Å². The normalized spacial score (nSPS) is 15.3. The van der Waals surface area contributed by atoms with Crippen LogP contribution in [0.4, 0.5) is 0 Å². The number of sulfonamides is 1. The third-order valence-corrected chi connectivity index (χ3v) is 8.69. The van der Waals surface area contributed by atoms with Gasteiger partial charge in [-0.3, -0.25) is 4.79 Å². The minimum atomic E-state index is -3.58. The van der Waals surface area contributed by atoms with Gasteiger partial charge in [0.15, 0.2) is 0 Å². The van der Waals surface area contributed by atoms with Crippen molar-refractivity contribution in [2.24, 2.45) is 0 Å². The average Bonchev–Trinajstić information content (AvgIpc) is 2.78. The molecule has 0 unspecified atom stereocenters. The number of amides is 1. The molecule has 1 saturated heterocycles. The summed E-state index contributed by atoms with van der Waals surface area (Å²) in [6.07, 6.45) is 0. The first-order valence-electron chi connectivity index (χ1n) is 10.0. The van der Waals surface area contributed by atoms with Crippen LogP contribution in [0.2, 0.25) is 0 Å². The van der Waals surface area contributed by atoms with Crippen LogP contribution in [0.25, 0.3) is 10.8 Å². The van der Waals surface area contributed by atoms with Gasteiger partial charge in [0.05, 0.1) is 10.6 Å². The largest absolute Gasteiger partial charge is 0.358 e. The van der Waals surface area contributed by atoms with Crippen molar-refractivity contribution in [2.75, 3.05) is 45.0 Å². The Bertz CT molecular complexity index is 1010. The summed E-state index contributed by atoms with van der Waals surface area (Å²) < 4.78 is 28.3. The molecule has 1 amide bonds. The summed E-state index contributed by atoms with van der Waals surface area (Å²) in [7, 11) is -3.58. The molecule has 1 heterocycles. The van der Waals surface area contributed by atoms with Crippen molar-refractivity contribution in [3.05, 3.63) is 42.5 Å². The average molecular weight is 466 g/mol. The highest BCUT2D eigenvalue weighted by molar-refractivity contribution is 8.23. The first kappa shape index (κ1) is 23.0. The molecule has 6 nitrogen and oxygen atoms in total. The predicted molar refractivity (Wildman–Crippen MR) is 127 cm³/mol. The van der Waals surface area contributed by atoms with E-state index in [-0.39, 0.29) is 11.7 Å². The smallest absolute Gasteiger partial charge is 0.243 e. The molecule has 2 aromatic rings. The van der Waals surface area contributed by atoms with Gasteiger partial charge in [-0.1, -0.05) is 54.3 Å². The van der Waals surface area contributed by atoms with E-state index in [4.69, 9.17) is 12.2 Å². The van der Waals surface area contributed by atoms with Gasteiger partial charge in [-0.05, 0) is 36.8 Å². The van der Waals surface area contributed by atoms with Crippen LogP contribution in [0, 0.1) is 0 Å². The Morgan fingerprint density at radius 3 is 2.30 bits per heavy atom. The lowest BCUT2D eigenvalue weighted by Crippen LogP contribution is -2.51. The summed E-state index contributed by atoms with van der Waals surface area (Å²) in [6, 6.07) is 12.9. The fourth-order valence-corrected chi connectivity index (χ4v) is 6.21. The molecule has 1 aliphatic heterocycles. The lowest BCUT2D eigenvalue weighted by atomic mass is 10.1. The molecule has 0 aromatic heterocycles. The zero-order valence-corrected chi connectivity index (χ0v) is 19.7. The Morgan fingerprint density at radius 1 is 1.03 bits per heavy atom. The molecule has 0 radical (unpaired) electrons. The van der Waals surface area contributed by atoms with E-state index in [2.05, 4.69) is 0 Å². The lowest BCUT2D eigenvalue weighted by Gasteiger charge is -2.34. The van der Waals surface area contributed by atoms with E-state index in [1.54, 1.807) is 17.0 Å². The number of carbonyl (C=O) groups is 1. The number of rotatable bonds is 6. The van der Waals surface area contributed by atoms with Crippen LogP contribution in [-0.2, 0) is 14.8 Å². The maximum Gasteiger partial charge on any atom is 0.243 e. The molecule has 0 spiro atoms. The number of thioether (sulfide) groups is 1. The molecule has 0 bridgehead atoms. The van der Waals surface area contributed by atoms with Gasteiger partial charge in [-0.15, -0.1) is 0 Å². The van der Waals surface area contributed by atoms with Crippen LogP contribution in [0.3, 0.4) is 0 Å². The number of hydrogen-bond donors (Lipinski definition) is 0. The van der Waals surface area contributed by atoms with Crippen molar-refractivity contribution < 1.29 is 13.2 Å². The molecule has 162 valence electrons. The van der Waals surface area contributed by atoms with Crippen molar-refractivity contribution in [3.8, 4) is 0 Å². The molecular weight excluding hydrogens is 438 g/mol. The Hall–Kier alpha value is -1.68. The van der Waals surface area contributed by atoms with Gasteiger partial charge in [0.25, 0.3) is 0 Å². The Morgan fingerprint density at radius 2 is 1.67 bits per heavy atom. The minimum Gasteiger partial charge on any atom is -0.358 e. The van der Waals surface area contributed by atoms with Crippen LogP contribution < -0.4 is 0 Å². The molecule has 1 fully saturated rings. The first-order valence-corrected chi connectivity index (χ1v) is 12.9. The lowest BCUT2D eigenvalue weighted by molar-refractivity contribution is -0.129. The van der Waals surface area contributed by atoms with E-state index >= 15 is 0 Å². The number of thiocarbonyl (C=S) groups is 1. The van der Waals surface area contributed by atoms with Gasteiger partial charge >= 0.3 is 0 Å². The second-order valence-electron chi connectivity index (χ2n) is 7.02. The maximum absolute atomic E-state index is 13.1. The highest BCUT2D eigenvalue weighted by Gasteiger charge is 2.30. The first-order chi connectivity index (χ1) is 14.4. The van der Waals surface area contributed by atoms with Gasteiger partial charge in [0.1, 0.15) is 4.32 Å². The van der Waals surface area contributed by atoms with E-state index < -0.39 is 10.0 Å². The number of hydrogen-bond acceptors (Lipinski definition) is 5. The van der Waals surface area contributed by atoms with E-state index in [0.717, 1.165) is 28.2 Å². The van der Waals surface area contributed by atoms with E-state index in [0.29, 0.717) is 31.1 Å². The monoisotopic (exact) mass is 465 g/mol. The molecule has 2 aromatic carbocycles. The summed E-state index contributed by atoms with van der Waals surface area (Å²) in [4.78, 5) is 16.6. The zero-order chi connectivity index (χ0) is 21.7. The molecule has 0 atom stereocenters. The van der Waals surface area contributed by atoms with Crippen molar-refractivity contribution in [2.45, 2.75) is 18.7 Å². The fourth-order valence-electron chi connectivity index (χ4n) is 3.44. The molecule has 3 rings (SSSR count). The van der Waals surface area contributed by atoms with Crippen LogP contribution in [-0.4, -0.2) is 77.8 Å². The standard InChI is InChI=1S/C21H27N3O3S3/c1-3-22(4-2)21(28)29-16-20(25)23-11-13-24(14-12-23)30(26,27)19-10-9-17-7-5-6-8-18(17)15-19/h5-10,15H,3-4,11-14,16H2,1-2H3. The van der Waals surface area contributed by atoms with E-state index in [1.165, 1.54) is 16.1 Å². The Balaban J connectivity index is 1.58. The molecule has 30 heavy (non-hydrogen) atoms. The van der Waals surface area contributed by atoms with Gasteiger partial charge in [-0.25, -0.2) is 8.42 Å². The van der Waals surface area contributed by atoms with Crippen LogP contribution in [0.5, 0.6) is 0 Å². The second kappa shape index (κ2) is 10.1. The van der Waals surface area contributed by atoms with Crippen LogP contribution >= 0.6 is 24.0 Å². The fraction of sp³-hybridized carbons (Fsp3) is 0.429. The number of benzene rings is 2. The minimum absolute atomic E-state index is 0.00254. The summed E-state index contributed by atoms with van der Waals surface area (Å²) >= 11 is 6.75. The highest BCUT2D eigenvalue weighted by atomic mass is 32.2. The molecule has 0 N–H and O–H groups in total. The van der Waals surface area contributed by atoms with Crippen LogP contribution in [0.15, 0.2) is 47.4 Å². The maximum atomic E-state index is 13.1. The second-order valence-corrected chi connectivity index (χ2v) is 10.6. The van der Waals surface area contributed by atoms with Crippen molar-refractivity contribution in [3.63, 3.8) is 0 Å². The van der Waals surface area contributed by atoms with E-state index in [9.17, 15) is 13.2 Å². The molecule has 9 heteroatoms. The quantitative estimate of drug-likeness (QED) is 0.611. The predicted octanol–water partition coefficient (Wildman–Crippen LogP) is 3.03. The topological polar surface area (TPSA) is 60.9 Å². The number of fused-ring (bicyclic) bond motifs is 1. The van der Waals surface area contributed by atoms with Crippen molar-refractivity contribution in [1.82, 2.24) is 14.1 Å². The van der Waals surface area contributed by atoms with Gasteiger partial charge in [0.2, 0.25) is 15.9 Å². The number of carbonyl (C=O) groups excluding carboxylic acids is 1. The summed E-state index contributed by atoms with van der Waals surface area (Å²) in [5.74, 6) is 0.282. The Kier molecular flexibility index (Phi) is 7.73. The summed E-state index contributed by atoms with van der Waals surface area (Å²) in [5.41, 5.74) is 0. The zero-order valence-electron chi connectivity index (χ0n) is 17.3. The Labute approximate surface area is 188 Å². The molecule has 1 aliphatic rings. The molecule has 0 saturated carbocycles. The van der Waals surface area contributed by atoms with Crippen molar-refractivity contribution in [1.29, 1.82) is 0 Å². The molecular formula is C21H27N3O3S3.